The Labute approximate surface area is 110 Å². The van der Waals surface area contributed by atoms with Crippen LogP contribution in [0.4, 0.5) is 13.2 Å². The summed E-state index contributed by atoms with van der Waals surface area (Å²) in [5, 5.41) is 4.76. The highest BCUT2D eigenvalue weighted by Crippen LogP contribution is 2.20. The minimum atomic E-state index is -4.94. The second-order valence-electron chi connectivity index (χ2n) is 3.63. The Balaban J connectivity index is 3.23. The van der Waals surface area contributed by atoms with E-state index in [2.05, 4.69) is 21.0 Å². The molecule has 0 aromatic heterocycles. The Bertz CT molecular complexity index is 466. The van der Waals surface area contributed by atoms with Gasteiger partial charge >= 0.3 is 6.18 Å². The summed E-state index contributed by atoms with van der Waals surface area (Å²) >= 11 is 3.16. The average Bonchev–Trinajstić information content (AvgIpc) is 2.25. The molecule has 1 aromatic rings. The largest absolute Gasteiger partial charge is 0.456 e. The van der Waals surface area contributed by atoms with Crippen molar-refractivity contribution < 1.29 is 18.0 Å². The van der Waals surface area contributed by atoms with Gasteiger partial charge < -0.3 is 5.01 Å². The van der Waals surface area contributed by atoms with Gasteiger partial charge in [-0.05, 0) is 12.1 Å². The number of alkyl halides is 3. The number of hydrogen-bond donors (Lipinski definition) is 0. The third kappa shape index (κ3) is 3.83. The zero-order valence-corrected chi connectivity index (χ0v) is 11.2. The second-order valence-corrected chi connectivity index (χ2v) is 4.55. The Kier molecular flexibility index (Phi) is 4.50. The minimum absolute atomic E-state index is 0.120. The highest BCUT2D eigenvalue weighted by atomic mass is 79.9. The number of carbonyl (C=O) groups excluding carboxylic acids is 1. The van der Waals surface area contributed by atoms with Gasteiger partial charge in [-0.15, -0.1) is 0 Å². The first-order chi connectivity index (χ1) is 8.21. The fraction of sp³-hybridized carbons (Fsp3) is 0.273. The molecule has 0 heterocycles. The summed E-state index contributed by atoms with van der Waals surface area (Å²) in [6.45, 7) is 0. The van der Waals surface area contributed by atoms with Crippen LogP contribution in [0.15, 0.2) is 33.8 Å². The molecule has 1 rings (SSSR count). The summed E-state index contributed by atoms with van der Waals surface area (Å²) in [5.41, 5.74) is -0.505. The van der Waals surface area contributed by atoms with Crippen molar-refractivity contribution in [2.24, 2.45) is 5.10 Å². The topological polar surface area (TPSA) is 32.7 Å². The van der Waals surface area contributed by atoms with E-state index in [4.69, 9.17) is 0 Å². The summed E-state index contributed by atoms with van der Waals surface area (Å²) in [4.78, 5) is 11.3. The quantitative estimate of drug-likeness (QED) is 0.633. The molecule has 0 saturated carbocycles. The lowest BCUT2D eigenvalue weighted by Gasteiger charge is -2.12. The van der Waals surface area contributed by atoms with Crippen molar-refractivity contribution in [1.82, 2.24) is 5.01 Å². The molecule has 0 aliphatic rings. The number of rotatable bonds is 3. The van der Waals surface area contributed by atoms with Crippen molar-refractivity contribution in [1.29, 1.82) is 0 Å². The van der Waals surface area contributed by atoms with Gasteiger partial charge in [-0.25, -0.2) is 0 Å². The van der Waals surface area contributed by atoms with Crippen molar-refractivity contribution in [2.75, 3.05) is 14.1 Å². The van der Waals surface area contributed by atoms with E-state index in [0.717, 1.165) is 5.01 Å². The van der Waals surface area contributed by atoms with E-state index in [1.54, 1.807) is 12.1 Å². The first kappa shape index (κ1) is 14.7. The molecule has 0 atom stereocenters. The molecule has 3 nitrogen and oxygen atoms in total. The number of Topliss-reactive ketones (excluding diaryl/α,β-unsaturated/α-hetero) is 1. The fourth-order valence-electron chi connectivity index (χ4n) is 1.18. The molecule has 0 aliphatic heterocycles. The number of hydrogen-bond acceptors (Lipinski definition) is 3. The van der Waals surface area contributed by atoms with Gasteiger partial charge in [0.25, 0.3) is 5.78 Å². The van der Waals surface area contributed by atoms with Gasteiger partial charge in [0, 0.05) is 24.1 Å². The van der Waals surface area contributed by atoms with Crippen molar-refractivity contribution in [3.8, 4) is 0 Å². The van der Waals surface area contributed by atoms with Crippen LogP contribution in [0, 0.1) is 0 Å². The summed E-state index contributed by atoms with van der Waals surface area (Å²) in [6, 6.07) is 5.89. The van der Waals surface area contributed by atoms with E-state index < -0.39 is 17.7 Å². The van der Waals surface area contributed by atoms with E-state index in [-0.39, 0.29) is 5.56 Å². The molecular formula is C11H10BrF3N2O. The summed E-state index contributed by atoms with van der Waals surface area (Å²) in [6.07, 6.45) is -4.94. The third-order valence-corrected chi connectivity index (χ3v) is 2.42. The molecule has 0 saturated heterocycles. The first-order valence-electron chi connectivity index (χ1n) is 4.85. The maximum Gasteiger partial charge on any atom is 0.456 e. The molecule has 7 heteroatoms. The second kappa shape index (κ2) is 5.51. The van der Waals surface area contributed by atoms with E-state index in [0.29, 0.717) is 4.47 Å². The van der Waals surface area contributed by atoms with Crippen LogP contribution in [0.1, 0.15) is 5.56 Å². The van der Waals surface area contributed by atoms with Crippen LogP contribution in [-0.2, 0) is 4.79 Å². The van der Waals surface area contributed by atoms with Gasteiger partial charge in [-0.3, -0.25) is 4.79 Å². The summed E-state index contributed by atoms with van der Waals surface area (Å²) in [7, 11) is 2.89. The molecule has 0 fully saturated rings. The zero-order chi connectivity index (χ0) is 13.9. The monoisotopic (exact) mass is 322 g/mol. The number of ketones is 1. The van der Waals surface area contributed by atoms with Crippen molar-refractivity contribution in [3.63, 3.8) is 0 Å². The van der Waals surface area contributed by atoms with Crippen LogP contribution >= 0.6 is 15.9 Å². The van der Waals surface area contributed by atoms with Gasteiger partial charge in [-0.1, -0.05) is 28.1 Å². The van der Waals surface area contributed by atoms with Crippen molar-refractivity contribution in [2.45, 2.75) is 6.18 Å². The van der Waals surface area contributed by atoms with Crippen LogP contribution in [0.25, 0.3) is 0 Å². The lowest BCUT2D eigenvalue weighted by atomic mass is 10.1. The highest BCUT2D eigenvalue weighted by Gasteiger charge is 2.42. The van der Waals surface area contributed by atoms with Crippen LogP contribution < -0.4 is 0 Å². The van der Waals surface area contributed by atoms with E-state index in [1.165, 1.54) is 26.2 Å². The van der Waals surface area contributed by atoms with Gasteiger partial charge in [0.1, 0.15) is 5.71 Å². The Hall–Kier alpha value is -1.37. The van der Waals surface area contributed by atoms with Gasteiger partial charge in [0.05, 0.1) is 0 Å². The van der Waals surface area contributed by atoms with Crippen molar-refractivity contribution in [3.05, 3.63) is 34.3 Å². The molecule has 98 valence electrons. The number of carbonyl (C=O) groups is 1. The first-order valence-corrected chi connectivity index (χ1v) is 5.64. The molecular weight excluding hydrogens is 313 g/mol. The lowest BCUT2D eigenvalue weighted by Crippen LogP contribution is -2.32. The van der Waals surface area contributed by atoms with Gasteiger partial charge in [0.15, 0.2) is 0 Å². The third-order valence-electron chi connectivity index (χ3n) is 1.89. The van der Waals surface area contributed by atoms with E-state index >= 15 is 0 Å². The SMILES string of the molecule is CN(C)/N=C(\C(=O)C(F)(F)F)c1ccc(Br)cc1. The maximum atomic E-state index is 12.5. The summed E-state index contributed by atoms with van der Waals surface area (Å²) < 4.78 is 38.1. The van der Waals surface area contributed by atoms with Gasteiger partial charge in [0.2, 0.25) is 0 Å². The lowest BCUT2D eigenvalue weighted by molar-refractivity contribution is -0.163. The Morgan fingerprint density at radius 2 is 1.72 bits per heavy atom. The molecule has 1 aromatic carbocycles. The highest BCUT2D eigenvalue weighted by molar-refractivity contribution is 9.10. The molecule has 0 spiro atoms. The molecule has 0 aliphatic carbocycles. The fourth-order valence-corrected chi connectivity index (χ4v) is 1.44. The van der Waals surface area contributed by atoms with Crippen LogP contribution in [0.3, 0.4) is 0 Å². The standard InChI is InChI=1S/C11H10BrF3N2O/c1-17(2)16-9(10(18)11(13,14)15)7-3-5-8(12)6-4-7/h3-6H,1-2H3/b16-9-. The maximum absolute atomic E-state index is 12.5. The van der Waals surface area contributed by atoms with Crippen molar-refractivity contribution >= 4 is 27.4 Å². The number of halogens is 4. The molecule has 0 bridgehead atoms. The van der Waals surface area contributed by atoms with E-state index in [1.807, 2.05) is 0 Å². The number of hydrazone groups is 1. The van der Waals surface area contributed by atoms with E-state index in [9.17, 15) is 18.0 Å². The number of benzene rings is 1. The van der Waals surface area contributed by atoms with Gasteiger partial charge in [-0.2, -0.15) is 18.3 Å². The smallest absolute Gasteiger partial charge is 0.302 e. The zero-order valence-electron chi connectivity index (χ0n) is 9.62. The Morgan fingerprint density at radius 1 is 1.22 bits per heavy atom. The average molecular weight is 323 g/mol. The minimum Gasteiger partial charge on any atom is -0.302 e. The molecule has 0 unspecified atom stereocenters. The molecule has 18 heavy (non-hydrogen) atoms. The van der Waals surface area contributed by atoms with Crippen LogP contribution in [0.2, 0.25) is 0 Å². The van der Waals surface area contributed by atoms with Crippen LogP contribution in [-0.4, -0.2) is 36.8 Å². The molecule has 0 radical (unpaired) electrons. The summed E-state index contributed by atoms with van der Waals surface area (Å²) in [5.74, 6) is -1.96. The normalized spacial score (nSPS) is 12.4. The number of nitrogens with zero attached hydrogens (tertiary/aromatic N) is 2. The van der Waals surface area contributed by atoms with Crippen LogP contribution in [0.5, 0.6) is 0 Å². The molecule has 0 amide bonds. The predicted molar refractivity (Wildman–Crippen MR) is 65.4 cm³/mol. The molecule has 0 N–H and O–H groups in total. The predicted octanol–water partition coefficient (Wildman–Crippen LogP) is 2.85. The Morgan fingerprint density at radius 3 is 2.11 bits per heavy atom.